The molecule has 220 valence electrons. The fourth-order valence-corrected chi connectivity index (χ4v) is 8.21. The molecule has 0 aliphatic heterocycles. The maximum Gasteiger partial charge on any atom is 0.0619 e. The molecule has 1 aliphatic rings. The van der Waals surface area contributed by atoms with Crippen LogP contribution in [0.25, 0.3) is 94.0 Å². The molecular weight excluding hydrogens is 569 g/mol. The Balaban J connectivity index is 1.27. The summed E-state index contributed by atoms with van der Waals surface area (Å²) in [5, 5.41) is 8.88. The zero-order valence-corrected chi connectivity index (χ0v) is 26.0. The van der Waals surface area contributed by atoms with Gasteiger partial charge >= 0.3 is 0 Å². The Kier molecular flexibility index (Phi) is 5.39. The van der Waals surface area contributed by atoms with E-state index in [1.807, 2.05) is 6.08 Å². The molecule has 0 saturated carbocycles. The molecule has 2 heteroatoms. The summed E-state index contributed by atoms with van der Waals surface area (Å²) >= 11 is 0. The average Bonchev–Trinajstić information content (AvgIpc) is 3.73. The molecule has 47 heavy (non-hydrogen) atoms. The molecule has 0 fully saturated rings. The molecule has 0 atom stereocenters. The number of para-hydroxylation sites is 1. The minimum atomic E-state index is 1.15. The number of benzene rings is 7. The first-order chi connectivity index (χ1) is 23.2. The molecule has 9 aromatic rings. The third-order valence-electron chi connectivity index (χ3n) is 10.2. The molecule has 10 rings (SSSR count). The lowest BCUT2D eigenvalue weighted by atomic mass is 10.0. The first-order valence-electron chi connectivity index (χ1n) is 16.2. The van der Waals surface area contributed by atoms with Crippen LogP contribution in [0.2, 0.25) is 0 Å². The van der Waals surface area contributed by atoms with Gasteiger partial charge in [-0.25, -0.2) is 0 Å². The van der Waals surface area contributed by atoms with Gasteiger partial charge < -0.3 is 9.13 Å². The molecule has 0 bridgehead atoms. The number of rotatable bonds is 4. The molecule has 2 aromatic heterocycles. The summed E-state index contributed by atoms with van der Waals surface area (Å²) in [7, 11) is 0. The smallest absolute Gasteiger partial charge is 0.0619 e. The normalized spacial score (nSPS) is 12.4. The number of aromatic nitrogens is 2. The van der Waals surface area contributed by atoms with Crippen LogP contribution in [-0.4, -0.2) is 9.13 Å². The highest BCUT2D eigenvalue weighted by Gasteiger charge is 2.24. The van der Waals surface area contributed by atoms with E-state index >= 15 is 0 Å². The topological polar surface area (TPSA) is 9.86 Å². The predicted molar refractivity (Wildman–Crippen MR) is 201 cm³/mol. The number of hydrogen-bond acceptors (Lipinski definition) is 0. The molecule has 7 aromatic carbocycles. The summed E-state index contributed by atoms with van der Waals surface area (Å²) < 4.78 is 4.89. The molecule has 0 N–H and O–H groups in total. The maximum atomic E-state index is 3.99. The van der Waals surface area contributed by atoms with E-state index < -0.39 is 0 Å². The van der Waals surface area contributed by atoms with Crippen LogP contribution in [0.15, 0.2) is 152 Å². The van der Waals surface area contributed by atoms with Crippen LogP contribution < -0.4 is 0 Å². The third kappa shape index (κ3) is 3.55. The lowest BCUT2D eigenvalue weighted by Gasteiger charge is -2.13. The summed E-state index contributed by atoms with van der Waals surface area (Å²) in [5.41, 5.74) is 13.6. The lowest BCUT2D eigenvalue weighted by Crippen LogP contribution is -1.98. The SMILES string of the molecule is C=C/C=C\c1c(C)n(-c2cc3c4c(cccc4c2)-c2ccccc2-3)c2ccc(-n3c4ccccc4c4ccc5ccccc5c43)cc12. The van der Waals surface area contributed by atoms with Crippen molar-refractivity contribution in [3.05, 3.63) is 163 Å². The van der Waals surface area contributed by atoms with Gasteiger partial charge in [-0.15, -0.1) is 0 Å². The van der Waals surface area contributed by atoms with Gasteiger partial charge in [-0.1, -0.05) is 122 Å². The number of nitrogens with zero attached hydrogens (tertiary/aromatic N) is 2. The Bertz CT molecular complexity index is 2820. The monoisotopic (exact) mass is 598 g/mol. The lowest BCUT2D eigenvalue weighted by molar-refractivity contribution is 1.05. The fraction of sp³-hybridized carbons (Fsp3) is 0.0222. The van der Waals surface area contributed by atoms with Crippen LogP contribution >= 0.6 is 0 Å². The van der Waals surface area contributed by atoms with Crippen molar-refractivity contribution >= 4 is 60.3 Å². The van der Waals surface area contributed by atoms with Crippen molar-refractivity contribution in [3.63, 3.8) is 0 Å². The highest BCUT2D eigenvalue weighted by atomic mass is 15.0. The third-order valence-corrected chi connectivity index (χ3v) is 10.2. The molecule has 2 nitrogen and oxygen atoms in total. The number of fused-ring (bicyclic) bond motifs is 9. The Morgan fingerprint density at radius 3 is 2.11 bits per heavy atom. The van der Waals surface area contributed by atoms with Gasteiger partial charge in [0.05, 0.1) is 16.6 Å². The van der Waals surface area contributed by atoms with Crippen molar-refractivity contribution < 1.29 is 0 Å². The van der Waals surface area contributed by atoms with E-state index in [1.54, 1.807) is 0 Å². The number of hydrogen-bond donors (Lipinski definition) is 0. The molecule has 1 aliphatic carbocycles. The summed E-state index contributed by atoms with van der Waals surface area (Å²) in [6.07, 6.45) is 6.12. The zero-order valence-electron chi connectivity index (χ0n) is 26.0. The van der Waals surface area contributed by atoms with Gasteiger partial charge in [0.2, 0.25) is 0 Å². The largest absolute Gasteiger partial charge is 0.313 e. The second kappa shape index (κ2) is 9.69. The maximum absolute atomic E-state index is 3.99. The van der Waals surface area contributed by atoms with Crippen molar-refractivity contribution in [3.8, 4) is 33.6 Å². The Morgan fingerprint density at radius 2 is 1.23 bits per heavy atom. The summed E-state index contributed by atoms with van der Waals surface area (Å²) in [6.45, 7) is 6.23. The van der Waals surface area contributed by atoms with Crippen LogP contribution in [0.3, 0.4) is 0 Å². The van der Waals surface area contributed by atoms with Crippen LogP contribution in [0, 0.1) is 6.92 Å². The summed E-state index contributed by atoms with van der Waals surface area (Å²) in [4.78, 5) is 0. The van der Waals surface area contributed by atoms with Gasteiger partial charge in [0.25, 0.3) is 0 Å². The molecular formula is C45H30N2. The molecule has 0 saturated heterocycles. The van der Waals surface area contributed by atoms with Gasteiger partial charge in [-0.05, 0) is 81.7 Å². The van der Waals surface area contributed by atoms with Crippen molar-refractivity contribution in [2.75, 3.05) is 0 Å². The molecule has 0 unspecified atom stereocenters. The average molecular weight is 599 g/mol. The number of allylic oxidation sites excluding steroid dienone is 2. The van der Waals surface area contributed by atoms with E-state index in [0.717, 1.165) is 5.69 Å². The van der Waals surface area contributed by atoms with Crippen molar-refractivity contribution in [2.24, 2.45) is 0 Å². The van der Waals surface area contributed by atoms with E-state index in [2.05, 4.69) is 168 Å². The van der Waals surface area contributed by atoms with Gasteiger partial charge in [0.1, 0.15) is 0 Å². The van der Waals surface area contributed by atoms with Crippen molar-refractivity contribution in [1.29, 1.82) is 0 Å². The highest BCUT2D eigenvalue weighted by molar-refractivity contribution is 6.19. The van der Waals surface area contributed by atoms with Crippen molar-refractivity contribution in [1.82, 2.24) is 9.13 Å². The first kappa shape index (κ1) is 26.1. The Hall–Kier alpha value is -6.12. The minimum absolute atomic E-state index is 1.15. The summed E-state index contributed by atoms with van der Waals surface area (Å²) in [6, 6.07) is 49.2. The molecule has 2 heterocycles. The quantitative estimate of drug-likeness (QED) is 0.178. The van der Waals surface area contributed by atoms with E-state index in [9.17, 15) is 0 Å². The Labute approximate surface area is 272 Å². The first-order valence-corrected chi connectivity index (χ1v) is 16.2. The fourth-order valence-electron chi connectivity index (χ4n) is 8.21. The van der Waals surface area contributed by atoms with Crippen LogP contribution in [-0.2, 0) is 0 Å². The second-order valence-corrected chi connectivity index (χ2v) is 12.6. The van der Waals surface area contributed by atoms with E-state index in [0.29, 0.717) is 0 Å². The standard InChI is InChI=1S/C45H30N2/c1-3-4-14-33-28(2)46(32-25-30-13-11-19-38-35-16-7-8-17-36(35)41(27-32)44(30)38)43-24-22-31(26-40(33)43)47-42-20-10-9-18-37(42)39-23-21-29-12-5-6-15-34(29)45(39)47/h3-27H,1H2,2H3/b14-4-. The summed E-state index contributed by atoms with van der Waals surface area (Å²) in [5.74, 6) is 0. The molecule has 0 spiro atoms. The molecule has 0 radical (unpaired) electrons. The Morgan fingerprint density at radius 1 is 0.511 bits per heavy atom. The van der Waals surface area contributed by atoms with Crippen molar-refractivity contribution in [2.45, 2.75) is 6.92 Å². The molecule has 0 amide bonds. The van der Waals surface area contributed by atoms with Crippen LogP contribution in [0.1, 0.15) is 11.3 Å². The van der Waals surface area contributed by atoms with Gasteiger partial charge in [0, 0.05) is 44.2 Å². The minimum Gasteiger partial charge on any atom is -0.313 e. The van der Waals surface area contributed by atoms with E-state index in [1.165, 1.54) is 93.5 Å². The highest BCUT2D eigenvalue weighted by Crippen LogP contribution is 2.48. The van der Waals surface area contributed by atoms with Gasteiger partial charge in [-0.2, -0.15) is 0 Å². The zero-order chi connectivity index (χ0) is 31.2. The van der Waals surface area contributed by atoms with E-state index in [4.69, 9.17) is 0 Å². The van der Waals surface area contributed by atoms with Crippen LogP contribution in [0.4, 0.5) is 0 Å². The van der Waals surface area contributed by atoms with Crippen LogP contribution in [0.5, 0.6) is 0 Å². The second-order valence-electron chi connectivity index (χ2n) is 12.6. The van der Waals surface area contributed by atoms with Gasteiger partial charge in [0.15, 0.2) is 0 Å². The predicted octanol–water partition coefficient (Wildman–Crippen LogP) is 12.2. The van der Waals surface area contributed by atoms with E-state index in [-0.39, 0.29) is 0 Å². The van der Waals surface area contributed by atoms with Gasteiger partial charge in [-0.3, -0.25) is 0 Å².